The molecule has 0 aliphatic rings. The van der Waals surface area contributed by atoms with Gasteiger partial charge in [0.2, 0.25) is 5.91 Å². The fourth-order valence-electron chi connectivity index (χ4n) is 4.40. The molecule has 0 aromatic rings. The van der Waals surface area contributed by atoms with Crippen LogP contribution in [0.15, 0.2) is 0 Å². The molecule has 1 amide bonds. The van der Waals surface area contributed by atoms with Crippen molar-refractivity contribution < 1.29 is 4.79 Å². The Hall–Kier alpha value is -0.530. The molecule has 0 aromatic carbocycles. The van der Waals surface area contributed by atoms with Crippen LogP contribution >= 0.6 is 0 Å². The Kier molecular flexibility index (Phi) is 23.7. The van der Waals surface area contributed by atoms with Gasteiger partial charge in [-0.2, -0.15) is 0 Å². The van der Waals surface area contributed by atoms with Crippen molar-refractivity contribution in [2.45, 2.75) is 163 Å². The van der Waals surface area contributed by atoms with Gasteiger partial charge in [-0.05, 0) is 19.3 Å². The van der Waals surface area contributed by atoms with Crippen LogP contribution in [0.5, 0.6) is 0 Å². The molecule has 0 heterocycles. The molecule has 0 fully saturated rings. The largest absolute Gasteiger partial charge is 0.342 e. The molecule has 0 bridgehead atoms. The van der Waals surface area contributed by atoms with Crippen molar-refractivity contribution in [1.29, 1.82) is 0 Å². The van der Waals surface area contributed by atoms with Crippen LogP contribution in [0.3, 0.4) is 0 Å². The lowest BCUT2D eigenvalue weighted by Gasteiger charge is -2.25. The Morgan fingerprint density at radius 1 is 0.516 bits per heavy atom. The first-order valence-corrected chi connectivity index (χ1v) is 14.5. The van der Waals surface area contributed by atoms with Gasteiger partial charge in [-0.15, -0.1) is 0 Å². The van der Waals surface area contributed by atoms with Gasteiger partial charge in [0.25, 0.3) is 0 Å². The monoisotopic (exact) mass is 437 g/mol. The van der Waals surface area contributed by atoms with E-state index >= 15 is 0 Å². The van der Waals surface area contributed by atoms with Crippen LogP contribution in [-0.2, 0) is 4.79 Å². The molecule has 0 spiro atoms. The summed E-state index contributed by atoms with van der Waals surface area (Å²) in [4.78, 5) is 15.0. The van der Waals surface area contributed by atoms with Crippen molar-refractivity contribution in [3.8, 4) is 0 Å². The molecular weight excluding hydrogens is 378 g/mol. The van der Waals surface area contributed by atoms with Crippen LogP contribution in [0.4, 0.5) is 0 Å². The van der Waals surface area contributed by atoms with Crippen molar-refractivity contribution in [1.82, 2.24) is 4.90 Å². The Balaban J connectivity index is 3.85. The van der Waals surface area contributed by atoms with Gasteiger partial charge < -0.3 is 4.90 Å². The summed E-state index contributed by atoms with van der Waals surface area (Å²) in [6.45, 7) is 10.8. The molecule has 0 rings (SSSR count). The number of carbonyl (C=O) groups excluding carboxylic acids is 1. The number of amides is 1. The Labute approximate surface area is 197 Å². The van der Waals surface area contributed by atoms with Crippen LogP contribution < -0.4 is 0 Å². The summed E-state index contributed by atoms with van der Waals surface area (Å²) < 4.78 is 0. The minimum atomic E-state index is 0.186. The fraction of sp³-hybridized carbons (Fsp3) is 0.966. The summed E-state index contributed by atoms with van der Waals surface area (Å²) in [5.74, 6) is 0.584. The van der Waals surface area contributed by atoms with Crippen molar-refractivity contribution in [2.24, 2.45) is 5.92 Å². The van der Waals surface area contributed by atoms with Crippen LogP contribution in [0.25, 0.3) is 0 Å². The predicted molar refractivity (Wildman–Crippen MR) is 140 cm³/mol. The van der Waals surface area contributed by atoms with Gasteiger partial charge >= 0.3 is 0 Å². The van der Waals surface area contributed by atoms with Crippen LogP contribution in [0.2, 0.25) is 0 Å². The lowest BCUT2D eigenvalue weighted by molar-refractivity contribution is -0.135. The maximum atomic E-state index is 12.8. The molecule has 0 aliphatic carbocycles. The van der Waals surface area contributed by atoms with Crippen LogP contribution in [0, 0.1) is 5.92 Å². The second-order valence-electron chi connectivity index (χ2n) is 10.00. The minimum Gasteiger partial charge on any atom is -0.342 e. The van der Waals surface area contributed by atoms with Gasteiger partial charge in [0.15, 0.2) is 0 Å². The van der Waals surface area contributed by atoms with E-state index in [4.69, 9.17) is 0 Å². The summed E-state index contributed by atoms with van der Waals surface area (Å²) in [6, 6.07) is 0. The molecule has 31 heavy (non-hydrogen) atoms. The molecule has 0 aliphatic heterocycles. The smallest absolute Gasteiger partial charge is 0.225 e. The summed E-state index contributed by atoms with van der Waals surface area (Å²) in [5, 5.41) is 0. The first-order chi connectivity index (χ1) is 15.2. The molecule has 0 N–H and O–H groups in total. The third kappa shape index (κ3) is 19.9. The third-order valence-corrected chi connectivity index (χ3v) is 6.91. The minimum absolute atomic E-state index is 0.186. The van der Waals surface area contributed by atoms with E-state index in [2.05, 4.69) is 32.6 Å². The Morgan fingerprint density at radius 3 is 1.10 bits per heavy atom. The van der Waals surface area contributed by atoms with Crippen molar-refractivity contribution in [2.75, 3.05) is 13.1 Å². The molecule has 1 unspecified atom stereocenters. The van der Waals surface area contributed by atoms with Gasteiger partial charge in [-0.25, -0.2) is 0 Å². The summed E-state index contributed by atoms with van der Waals surface area (Å²) in [6.07, 6.45) is 28.2. The Morgan fingerprint density at radius 2 is 0.806 bits per heavy atom. The average Bonchev–Trinajstić information content (AvgIpc) is 2.79. The number of hydrogen-bond donors (Lipinski definition) is 0. The zero-order chi connectivity index (χ0) is 23.0. The van der Waals surface area contributed by atoms with E-state index < -0.39 is 0 Å². The summed E-state index contributed by atoms with van der Waals surface area (Å²) in [7, 11) is 0. The van der Waals surface area contributed by atoms with Crippen molar-refractivity contribution in [3.05, 3.63) is 0 Å². The highest BCUT2D eigenvalue weighted by atomic mass is 16.2. The number of nitrogens with zero attached hydrogens (tertiary/aromatic N) is 1. The first-order valence-electron chi connectivity index (χ1n) is 14.5. The van der Waals surface area contributed by atoms with E-state index in [0.29, 0.717) is 5.91 Å². The molecule has 0 saturated carbocycles. The van der Waals surface area contributed by atoms with E-state index in [0.717, 1.165) is 19.5 Å². The SMILES string of the molecule is CCCCCCCCCCCCN(CCCCCCCCCCCC)C(=O)C(C)CC. The van der Waals surface area contributed by atoms with Gasteiger partial charge in [0.1, 0.15) is 0 Å². The quantitative estimate of drug-likeness (QED) is 0.138. The lowest BCUT2D eigenvalue weighted by Crippen LogP contribution is -2.36. The topological polar surface area (TPSA) is 20.3 Å². The lowest BCUT2D eigenvalue weighted by atomic mass is 10.0. The highest BCUT2D eigenvalue weighted by molar-refractivity contribution is 5.78. The van der Waals surface area contributed by atoms with Gasteiger partial charge in [0, 0.05) is 19.0 Å². The molecule has 1 atom stereocenters. The predicted octanol–water partition coefficient (Wildman–Crippen LogP) is 9.70. The fourth-order valence-corrected chi connectivity index (χ4v) is 4.40. The molecule has 186 valence electrons. The average molecular weight is 438 g/mol. The number of carbonyl (C=O) groups is 1. The Bertz CT molecular complexity index is 344. The summed E-state index contributed by atoms with van der Waals surface area (Å²) >= 11 is 0. The molecule has 0 aromatic heterocycles. The maximum Gasteiger partial charge on any atom is 0.225 e. The molecular formula is C29H59NO. The van der Waals surface area contributed by atoms with Crippen LogP contribution in [-0.4, -0.2) is 23.9 Å². The number of rotatable bonds is 24. The van der Waals surface area contributed by atoms with Gasteiger partial charge in [-0.3, -0.25) is 4.79 Å². The number of unbranched alkanes of at least 4 members (excludes halogenated alkanes) is 18. The standard InChI is InChI=1S/C29H59NO/c1-5-8-10-12-14-16-18-20-22-24-26-30(29(31)28(4)7-3)27-25-23-21-19-17-15-13-11-9-6-2/h28H,5-27H2,1-4H3. The second-order valence-corrected chi connectivity index (χ2v) is 10.00. The number of hydrogen-bond acceptors (Lipinski definition) is 1. The van der Waals surface area contributed by atoms with E-state index in [-0.39, 0.29) is 5.92 Å². The van der Waals surface area contributed by atoms with E-state index in [1.807, 2.05) is 0 Å². The van der Waals surface area contributed by atoms with Crippen molar-refractivity contribution >= 4 is 5.91 Å². The highest BCUT2D eigenvalue weighted by Gasteiger charge is 2.18. The second kappa shape index (κ2) is 24.1. The third-order valence-electron chi connectivity index (χ3n) is 6.91. The van der Waals surface area contributed by atoms with Gasteiger partial charge in [0.05, 0.1) is 0 Å². The molecule has 0 saturated heterocycles. The zero-order valence-electron chi connectivity index (χ0n) is 22.2. The van der Waals surface area contributed by atoms with E-state index in [1.54, 1.807) is 0 Å². The molecule has 2 heteroatoms. The van der Waals surface area contributed by atoms with E-state index in [9.17, 15) is 4.79 Å². The highest BCUT2D eigenvalue weighted by Crippen LogP contribution is 2.15. The van der Waals surface area contributed by atoms with Crippen LogP contribution in [0.1, 0.15) is 163 Å². The molecule has 2 nitrogen and oxygen atoms in total. The maximum absolute atomic E-state index is 12.8. The molecule has 0 radical (unpaired) electrons. The van der Waals surface area contributed by atoms with Crippen molar-refractivity contribution in [3.63, 3.8) is 0 Å². The summed E-state index contributed by atoms with van der Waals surface area (Å²) in [5.41, 5.74) is 0. The van der Waals surface area contributed by atoms with Gasteiger partial charge in [-0.1, -0.05) is 143 Å². The zero-order valence-corrected chi connectivity index (χ0v) is 22.2. The first kappa shape index (κ1) is 30.5. The van der Waals surface area contributed by atoms with E-state index in [1.165, 1.54) is 128 Å². The normalized spacial score (nSPS) is 12.3.